The number of rotatable bonds is 6. The minimum Gasteiger partial charge on any atom is -0.474 e. The Morgan fingerprint density at radius 2 is 1.87 bits per heavy atom. The van der Waals surface area contributed by atoms with Crippen LogP contribution < -0.4 is 15.8 Å². The van der Waals surface area contributed by atoms with Crippen LogP contribution in [0.5, 0.6) is 5.88 Å². The summed E-state index contributed by atoms with van der Waals surface area (Å²) in [5, 5.41) is 10.5. The van der Waals surface area contributed by atoms with Gasteiger partial charge < -0.3 is 20.2 Å². The largest absolute Gasteiger partial charge is 0.474 e. The summed E-state index contributed by atoms with van der Waals surface area (Å²) < 4.78 is 51.6. The van der Waals surface area contributed by atoms with E-state index in [2.05, 4.69) is 20.5 Å². The molecule has 1 fully saturated rings. The van der Waals surface area contributed by atoms with Crippen LogP contribution >= 0.6 is 0 Å². The second-order valence-electron chi connectivity index (χ2n) is 7.09. The maximum absolute atomic E-state index is 13.9. The number of hydrogen-bond donors (Lipinski definition) is 2. The normalized spacial score (nSPS) is 18.5. The smallest absolute Gasteiger partial charge is 0.315 e. The third-order valence-corrected chi connectivity index (χ3v) is 5.01. The van der Waals surface area contributed by atoms with Crippen molar-refractivity contribution in [3.63, 3.8) is 0 Å². The SMILES string of the molecule is NC(=O)c1cccnc1O[C@H]1CC[C@H](Nc2nnc(-c3ccc(F)c(F)c3F)o2)CC1. The van der Waals surface area contributed by atoms with E-state index in [4.69, 9.17) is 14.9 Å². The predicted molar refractivity (Wildman–Crippen MR) is 103 cm³/mol. The molecule has 3 aromatic rings. The van der Waals surface area contributed by atoms with E-state index in [-0.39, 0.29) is 41.1 Å². The van der Waals surface area contributed by atoms with E-state index in [1.807, 2.05) is 0 Å². The molecule has 162 valence electrons. The van der Waals surface area contributed by atoms with Gasteiger partial charge in [0.05, 0.1) is 5.56 Å². The van der Waals surface area contributed by atoms with E-state index in [1.165, 1.54) is 6.20 Å². The fourth-order valence-electron chi connectivity index (χ4n) is 3.41. The quantitative estimate of drug-likeness (QED) is 0.572. The van der Waals surface area contributed by atoms with Crippen LogP contribution in [0.1, 0.15) is 36.0 Å². The van der Waals surface area contributed by atoms with Gasteiger partial charge in [0, 0.05) is 12.2 Å². The zero-order chi connectivity index (χ0) is 22.0. The molecule has 3 N–H and O–H groups in total. The number of ether oxygens (including phenoxy) is 1. The molecule has 1 saturated carbocycles. The van der Waals surface area contributed by atoms with E-state index in [0.717, 1.165) is 12.1 Å². The predicted octanol–water partition coefficient (Wildman–Crippen LogP) is 3.45. The van der Waals surface area contributed by atoms with Crippen molar-refractivity contribution in [2.24, 2.45) is 5.73 Å². The lowest BCUT2D eigenvalue weighted by Gasteiger charge is -2.28. The number of nitrogens with one attached hydrogen (secondary N) is 1. The summed E-state index contributed by atoms with van der Waals surface area (Å²) in [6, 6.07) is 5.02. The van der Waals surface area contributed by atoms with Gasteiger partial charge in [-0.25, -0.2) is 18.2 Å². The van der Waals surface area contributed by atoms with Crippen molar-refractivity contribution in [1.82, 2.24) is 15.2 Å². The minimum absolute atomic E-state index is 0.0118. The number of anilines is 1. The van der Waals surface area contributed by atoms with Crippen LogP contribution in [0.3, 0.4) is 0 Å². The van der Waals surface area contributed by atoms with Gasteiger partial charge in [-0.1, -0.05) is 5.10 Å². The molecule has 0 atom stereocenters. The number of halogens is 3. The van der Waals surface area contributed by atoms with Gasteiger partial charge in [-0.05, 0) is 49.9 Å². The fraction of sp³-hybridized carbons (Fsp3) is 0.300. The van der Waals surface area contributed by atoms with E-state index >= 15 is 0 Å². The van der Waals surface area contributed by atoms with Gasteiger partial charge in [0.25, 0.3) is 11.8 Å². The third kappa shape index (κ3) is 4.44. The van der Waals surface area contributed by atoms with E-state index in [0.29, 0.717) is 25.7 Å². The number of amides is 1. The van der Waals surface area contributed by atoms with E-state index in [1.54, 1.807) is 12.1 Å². The van der Waals surface area contributed by atoms with Crippen LogP contribution in [0.15, 0.2) is 34.9 Å². The summed E-state index contributed by atoms with van der Waals surface area (Å²) in [7, 11) is 0. The lowest BCUT2D eigenvalue weighted by molar-refractivity contribution is 0.0983. The van der Waals surface area contributed by atoms with E-state index < -0.39 is 23.4 Å². The van der Waals surface area contributed by atoms with Gasteiger partial charge in [-0.2, -0.15) is 0 Å². The average Bonchev–Trinajstić information content (AvgIpc) is 3.22. The molecule has 4 rings (SSSR count). The number of aromatic nitrogens is 3. The highest BCUT2D eigenvalue weighted by Gasteiger charge is 2.26. The first-order valence-corrected chi connectivity index (χ1v) is 9.57. The van der Waals surface area contributed by atoms with E-state index in [9.17, 15) is 18.0 Å². The minimum atomic E-state index is -1.60. The van der Waals surface area contributed by atoms with Crippen molar-refractivity contribution < 1.29 is 27.1 Å². The van der Waals surface area contributed by atoms with Crippen LogP contribution in [0, 0.1) is 17.5 Å². The summed E-state index contributed by atoms with van der Waals surface area (Å²) in [6.45, 7) is 0. The van der Waals surface area contributed by atoms with Gasteiger partial charge in [0.15, 0.2) is 17.5 Å². The second kappa shape index (κ2) is 8.62. The van der Waals surface area contributed by atoms with Crippen molar-refractivity contribution in [3.05, 3.63) is 53.5 Å². The van der Waals surface area contributed by atoms with Gasteiger partial charge >= 0.3 is 6.01 Å². The summed E-state index contributed by atoms with van der Waals surface area (Å²) in [5.74, 6) is -4.95. The van der Waals surface area contributed by atoms with Crippen molar-refractivity contribution in [3.8, 4) is 17.3 Å². The molecule has 1 amide bonds. The molecular formula is C20H18F3N5O3. The Morgan fingerprint density at radius 1 is 1.10 bits per heavy atom. The third-order valence-electron chi connectivity index (χ3n) is 5.01. The molecular weight excluding hydrogens is 415 g/mol. The highest BCUT2D eigenvalue weighted by molar-refractivity contribution is 5.94. The number of nitrogens with zero attached hydrogens (tertiary/aromatic N) is 3. The second-order valence-corrected chi connectivity index (χ2v) is 7.09. The number of carbonyl (C=O) groups is 1. The standard InChI is InChI=1S/C20H18F3N5O3/c21-14-8-7-12(15(22)16(14)23)19-27-28-20(31-19)26-10-3-5-11(6-4-10)30-18-13(17(24)29)2-1-9-25-18/h1-2,7-11H,3-6H2,(H2,24,29)(H,26,28)/t10-,11-. The van der Waals surface area contributed by atoms with Gasteiger partial charge in [-0.15, -0.1) is 5.10 Å². The maximum Gasteiger partial charge on any atom is 0.315 e. The van der Waals surface area contributed by atoms with Crippen LogP contribution in [0.2, 0.25) is 0 Å². The first-order chi connectivity index (χ1) is 14.9. The zero-order valence-electron chi connectivity index (χ0n) is 16.1. The Bertz CT molecular complexity index is 1100. The lowest BCUT2D eigenvalue weighted by atomic mass is 9.93. The molecule has 0 saturated heterocycles. The van der Waals surface area contributed by atoms with Crippen LogP contribution in [0.25, 0.3) is 11.5 Å². The summed E-state index contributed by atoms with van der Waals surface area (Å²) >= 11 is 0. The number of hydrogen-bond acceptors (Lipinski definition) is 7. The number of primary amides is 1. The molecule has 8 nitrogen and oxygen atoms in total. The number of nitrogens with two attached hydrogens (primary N) is 1. The highest BCUT2D eigenvalue weighted by atomic mass is 19.2. The first kappa shape index (κ1) is 20.6. The monoisotopic (exact) mass is 433 g/mol. The summed E-state index contributed by atoms with van der Waals surface area (Å²) in [6.07, 6.45) is 4.12. The molecule has 1 aliphatic carbocycles. The van der Waals surface area contributed by atoms with Gasteiger partial charge in [0.1, 0.15) is 11.7 Å². The van der Waals surface area contributed by atoms with Gasteiger partial charge in [-0.3, -0.25) is 4.79 Å². The maximum atomic E-state index is 13.9. The highest BCUT2D eigenvalue weighted by Crippen LogP contribution is 2.29. The van der Waals surface area contributed by atoms with Crippen molar-refractivity contribution in [2.45, 2.75) is 37.8 Å². The Labute approximate surface area is 174 Å². The molecule has 1 aliphatic rings. The Kier molecular flexibility index (Phi) is 5.74. The molecule has 1 aromatic carbocycles. The Balaban J connectivity index is 1.35. The van der Waals surface area contributed by atoms with Gasteiger partial charge in [0.2, 0.25) is 5.88 Å². The Morgan fingerprint density at radius 3 is 2.61 bits per heavy atom. The fourth-order valence-corrected chi connectivity index (χ4v) is 3.41. The summed E-state index contributed by atoms with van der Waals surface area (Å²) in [4.78, 5) is 15.6. The van der Waals surface area contributed by atoms with Crippen molar-refractivity contribution in [1.29, 1.82) is 0 Å². The molecule has 0 bridgehead atoms. The summed E-state index contributed by atoms with van der Waals surface area (Å²) in [5.41, 5.74) is 5.25. The van der Waals surface area contributed by atoms with Crippen molar-refractivity contribution >= 4 is 11.9 Å². The van der Waals surface area contributed by atoms with Crippen molar-refractivity contribution in [2.75, 3.05) is 5.32 Å². The molecule has 0 unspecified atom stereocenters. The number of carbonyl (C=O) groups excluding carboxylic acids is 1. The Hall–Kier alpha value is -3.63. The number of pyridine rings is 1. The molecule has 31 heavy (non-hydrogen) atoms. The van der Waals surface area contributed by atoms with Crippen LogP contribution in [0.4, 0.5) is 19.2 Å². The molecule has 11 heteroatoms. The molecule has 0 aliphatic heterocycles. The topological polar surface area (TPSA) is 116 Å². The average molecular weight is 433 g/mol. The molecule has 0 radical (unpaired) electrons. The zero-order valence-corrected chi connectivity index (χ0v) is 16.1. The van der Waals surface area contributed by atoms with Crippen LogP contribution in [-0.2, 0) is 0 Å². The first-order valence-electron chi connectivity index (χ1n) is 9.57. The number of benzene rings is 1. The molecule has 2 aromatic heterocycles. The van der Waals surface area contributed by atoms with Crippen LogP contribution in [-0.4, -0.2) is 33.2 Å². The molecule has 0 spiro atoms. The lowest BCUT2D eigenvalue weighted by Crippen LogP contribution is -2.32. The molecule has 2 heterocycles.